The summed E-state index contributed by atoms with van der Waals surface area (Å²) in [4.78, 5) is 11.2. The van der Waals surface area contributed by atoms with Crippen molar-refractivity contribution in [1.82, 2.24) is 0 Å². The molecule has 1 fully saturated rings. The van der Waals surface area contributed by atoms with E-state index in [0.717, 1.165) is 6.92 Å². The van der Waals surface area contributed by atoms with Gasteiger partial charge in [-0.3, -0.25) is 0 Å². The largest absolute Gasteiger partial charge is 0.395 e. The molecule has 2 rings (SSSR count). The molecule has 2 nitrogen and oxygen atoms in total. The van der Waals surface area contributed by atoms with E-state index in [-0.39, 0.29) is 5.56 Å². The molecule has 110 valence electrons. The zero-order valence-corrected chi connectivity index (χ0v) is 13.4. The first-order valence-electron chi connectivity index (χ1n) is 5.74. The summed E-state index contributed by atoms with van der Waals surface area (Å²) in [7, 11) is 0. The molecule has 0 saturated heterocycles. The van der Waals surface area contributed by atoms with Crippen LogP contribution in [0.3, 0.4) is 0 Å². The van der Waals surface area contributed by atoms with E-state index in [9.17, 15) is 18.7 Å². The van der Waals surface area contributed by atoms with Gasteiger partial charge < -0.3 is 9.90 Å². The number of hydrogen-bond acceptors (Lipinski definition) is 2. The van der Waals surface area contributed by atoms with Gasteiger partial charge in [0.05, 0.1) is 12.0 Å². The van der Waals surface area contributed by atoms with Crippen molar-refractivity contribution in [2.45, 2.75) is 23.1 Å². The molecular formula is C13H11BrCl2F2O2. The van der Waals surface area contributed by atoms with E-state index in [0.29, 0.717) is 16.3 Å². The fraction of sp³-hybridized carbons (Fsp3) is 0.462. The quantitative estimate of drug-likeness (QED) is 0.626. The van der Waals surface area contributed by atoms with Crippen LogP contribution < -0.4 is 0 Å². The van der Waals surface area contributed by atoms with Crippen molar-refractivity contribution in [3.05, 3.63) is 33.8 Å². The number of aliphatic hydroxyl groups is 1. The van der Waals surface area contributed by atoms with Crippen LogP contribution >= 0.6 is 39.1 Å². The van der Waals surface area contributed by atoms with Gasteiger partial charge in [0.15, 0.2) is 0 Å². The predicted octanol–water partition coefficient (Wildman–Crippen LogP) is 4.01. The second kappa shape index (κ2) is 4.90. The van der Waals surface area contributed by atoms with Crippen LogP contribution in [-0.2, 0) is 10.7 Å². The van der Waals surface area contributed by atoms with Gasteiger partial charge >= 0.3 is 0 Å². The number of rotatable bonds is 4. The molecule has 1 aliphatic carbocycles. The molecule has 2 unspecified atom stereocenters. The van der Waals surface area contributed by atoms with Gasteiger partial charge in [-0.2, -0.15) is 0 Å². The van der Waals surface area contributed by atoms with Gasteiger partial charge in [0.2, 0.25) is 0 Å². The summed E-state index contributed by atoms with van der Waals surface area (Å²) in [5.41, 5.74) is -1.17. The van der Waals surface area contributed by atoms with Crippen molar-refractivity contribution in [2.24, 2.45) is 5.41 Å². The molecule has 0 heterocycles. The van der Waals surface area contributed by atoms with Crippen molar-refractivity contribution in [3.63, 3.8) is 0 Å². The Morgan fingerprint density at radius 3 is 2.45 bits per heavy atom. The Kier molecular flexibility index (Phi) is 3.96. The third-order valence-corrected chi connectivity index (χ3v) is 5.25. The molecule has 0 spiro atoms. The number of aliphatic hydroxyl groups excluding tert-OH is 1. The molecule has 1 aliphatic rings. The third kappa shape index (κ3) is 2.28. The van der Waals surface area contributed by atoms with Crippen molar-refractivity contribution >= 4 is 45.4 Å². The fourth-order valence-electron chi connectivity index (χ4n) is 2.40. The highest BCUT2D eigenvalue weighted by Crippen LogP contribution is 2.73. The molecule has 1 aromatic carbocycles. The van der Waals surface area contributed by atoms with E-state index < -0.39 is 28.2 Å². The van der Waals surface area contributed by atoms with Gasteiger partial charge in [-0.1, -0.05) is 39.1 Å². The number of carbonyl (C=O) groups excluding carboxylic acids is 1. The highest BCUT2D eigenvalue weighted by atomic mass is 79.9. The van der Waals surface area contributed by atoms with Crippen LogP contribution in [0, 0.1) is 5.41 Å². The Labute approximate surface area is 133 Å². The number of benzene rings is 1. The van der Waals surface area contributed by atoms with Crippen LogP contribution in [-0.4, -0.2) is 22.3 Å². The van der Waals surface area contributed by atoms with Crippen LogP contribution in [0.25, 0.3) is 0 Å². The zero-order valence-electron chi connectivity index (χ0n) is 10.3. The molecule has 0 aliphatic heterocycles. The summed E-state index contributed by atoms with van der Waals surface area (Å²) in [5, 5.41) is 9.36. The van der Waals surface area contributed by atoms with Gasteiger partial charge in [-0.15, -0.1) is 0 Å². The summed E-state index contributed by atoms with van der Waals surface area (Å²) < 4.78 is 25.8. The molecule has 0 radical (unpaired) electrons. The van der Waals surface area contributed by atoms with Gasteiger partial charge in [0, 0.05) is 22.9 Å². The average molecular weight is 388 g/mol. The van der Waals surface area contributed by atoms with E-state index in [1.54, 1.807) is 6.07 Å². The standard InChI is InChI=1S/C13H11BrCl2F2O2/c1-11(17,18)8-2-7(3-9(14)4-8)10-12(5-19,6-20)13(10,15)16/h2-5,10,20H,6H2,1H3. The molecule has 1 aromatic rings. The third-order valence-electron chi connectivity index (χ3n) is 3.65. The van der Waals surface area contributed by atoms with Crippen LogP contribution in [0.4, 0.5) is 8.78 Å². The molecule has 0 bridgehead atoms. The first-order valence-corrected chi connectivity index (χ1v) is 7.29. The van der Waals surface area contributed by atoms with E-state index in [1.165, 1.54) is 12.1 Å². The molecule has 0 aromatic heterocycles. The first-order chi connectivity index (χ1) is 9.10. The Bertz CT molecular complexity index is 560. The van der Waals surface area contributed by atoms with Crippen LogP contribution in [0.2, 0.25) is 0 Å². The van der Waals surface area contributed by atoms with Gasteiger partial charge in [0.1, 0.15) is 10.6 Å². The van der Waals surface area contributed by atoms with Gasteiger partial charge in [-0.05, 0) is 23.8 Å². The summed E-state index contributed by atoms with van der Waals surface area (Å²) in [6, 6.07) is 4.12. The average Bonchev–Trinajstić information content (AvgIpc) is 2.84. The van der Waals surface area contributed by atoms with Crippen molar-refractivity contribution < 1.29 is 18.7 Å². The highest BCUT2D eigenvalue weighted by Gasteiger charge is 2.76. The first kappa shape index (κ1) is 16.1. The maximum atomic E-state index is 13.4. The minimum absolute atomic E-state index is 0.212. The van der Waals surface area contributed by atoms with Crippen molar-refractivity contribution in [1.29, 1.82) is 0 Å². The highest BCUT2D eigenvalue weighted by molar-refractivity contribution is 9.10. The summed E-state index contributed by atoms with van der Waals surface area (Å²) in [6.45, 7) is 0.234. The molecule has 2 atom stereocenters. The predicted molar refractivity (Wildman–Crippen MR) is 76.5 cm³/mol. The molecular weight excluding hydrogens is 377 g/mol. The minimum atomic E-state index is -3.03. The SMILES string of the molecule is CC(F)(F)c1cc(Br)cc(C2C(Cl)(Cl)C2(C=O)CO)c1. The number of alkyl halides is 4. The smallest absolute Gasteiger partial charge is 0.270 e. The Hall–Kier alpha value is -0.230. The monoisotopic (exact) mass is 386 g/mol. The van der Waals surface area contributed by atoms with E-state index in [2.05, 4.69) is 15.9 Å². The van der Waals surface area contributed by atoms with Gasteiger partial charge in [-0.25, -0.2) is 8.78 Å². The lowest BCUT2D eigenvalue weighted by atomic mass is 9.98. The number of aldehydes is 1. The summed E-state index contributed by atoms with van der Waals surface area (Å²) >= 11 is 15.3. The normalized spacial score (nSPS) is 28.2. The lowest BCUT2D eigenvalue weighted by Crippen LogP contribution is -2.16. The molecule has 1 saturated carbocycles. The summed E-state index contributed by atoms with van der Waals surface area (Å²) in [5.74, 6) is -3.75. The summed E-state index contributed by atoms with van der Waals surface area (Å²) in [6.07, 6.45) is 0.488. The Morgan fingerprint density at radius 1 is 1.45 bits per heavy atom. The second-order valence-corrected chi connectivity index (χ2v) is 7.34. The van der Waals surface area contributed by atoms with Gasteiger partial charge in [0.25, 0.3) is 5.92 Å². The van der Waals surface area contributed by atoms with Crippen LogP contribution in [0.15, 0.2) is 22.7 Å². The Morgan fingerprint density at radius 2 is 2.05 bits per heavy atom. The van der Waals surface area contributed by atoms with Crippen molar-refractivity contribution in [3.8, 4) is 0 Å². The minimum Gasteiger partial charge on any atom is -0.395 e. The maximum absolute atomic E-state index is 13.4. The molecule has 7 heteroatoms. The van der Waals surface area contributed by atoms with Crippen LogP contribution in [0.1, 0.15) is 24.0 Å². The van der Waals surface area contributed by atoms with Crippen LogP contribution in [0.5, 0.6) is 0 Å². The number of hydrogen-bond donors (Lipinski definition) is 1. The molecule has 20 heavy (non-hydrogen) atoms. The van der Waals surface area contributed by atoms with E-state index >= 15 is 0 Å². The van der Waals surface area contributed by atoms with Crippen molar-refractivity contribution in [2.75, 3.05) is 6.61 Å². The number of halogens is 5. The zero-order chi connectivity index (χ0) is 15.3. The molecule has 0 amide bonds. The second-order valence-electron chi connectivity index (χ2n) is 5.03. The lowest BCUT2D eigenvalue weighted by molar-refractivity contribution is -0.113. The van der Waals surface area contributed by atoms with E-state index in [4.69, 9.17) is 23.2 Å². The number of carbonyl (C=O) groups is 1. The topological polar surface area (TPSA) is 37.3 Å². The molecule has 1 N–H and O–H groups in total. The lowest BCUT2D eigenvalue weighted by Gasteiger charge is -2.13. The fourth-order valence-corrected chi connectivity index (χ4v) is 3.87. The van der Waals surface area contributed by atoms with E-state index in [1.807, 2.05) is 0 Å². The Balaban J connectivity index is 2.51. The maximum Gasteiger partial charge on any atom is 0.270 e.